The number of hydrogen-bond acceptors (Lipinski definition) is 9. The van der Waals surface area contributed by atoms with Gasteiger partial charge in [0.15, 0.2) is 29.1 Å². The zero-order chi connectivity index (χ0) is 27.9. The zero-order valence-corrected chi connectivity index (χ0v) is 22.8. The summed E-state index contributed by atoms with van der Waals surface area (Å²) in [4.78, 5) is 13.4. The molecule has 3 atom stereocenters. The van der Waals surface area contributed by atoms with Crippen molar-refractivity contribution in [3.63, 3.8) is 0 Å². The van der Waals surface area contributed by atoms with Crippen molar-refractivity contribution in [1.29, 1.82) is 0 Å². The molecule has 0 spiro atoms. The van der Waals surface area contributed by atoms with Crippen LogP contribution in [0.25, 0.3) is 11.1 Å². The first-order valence-electron chi connectivity index (χ1n) is 12.6. The summed E-state index contributed by atoms with van der Waals surface area (Å²) in [5.41, 5.74) is 1.34. The van der Waals surface area contributed by atoms with Crippen LogP contribution in [0.3, 0.4) is 0 Å². The van der Waals surface area contributed by atoms with Crippen molar-refractivity contribution in [3.8, 4) is 45.6 Å². The van der Waals surface area contributed by atoms with Gasteiger partial charge in [-0.15, -0.1) is 0 Å². The van der Waals surface area contributed by atoms with Crippen LogP contribution in [-0.2, 0) is 11.2 Å². The average Bonchev–Trinajstić information content (AvgIpc) is 3.42. The number of benzene rings is 3. The Kier molecular flexibility index (Phi) is 6.94. The average molecular weight is 537 g/mol. The summed E-state index contributed by atoms with van der Waals surface area (Å²) in [5, 5.41) is 12.1. The summed E-state index contributed by atoms with van der Waals surface area (Å²) >= 11 is 0. The van der Waals surface area contributed by atoms with Crippen molar-refractivity contribution in [3.05, 3.63) is 59.2 Å². The van der Waals surface area contributed by atoms with Crippen LogP contribution in [0.5, 0.6) is 34.5 Å². The Morgan fingerprint density at radius 1 is 0.923 bits per heavy atom. The van der Waals surface area contributed by atoms with Gasteiger partial charge in [-0.2, -0.15) is 0 Å². The van der Waals surface area contributed by atoms with E-state index in [-0.39, 0.29) is 12.7 Å². The molecule has 2 aliphatic rings. The predicted octanol–water partition coefficient (Wildman–Crippen LogP) is 4.96. The zero-order valence-electron chi connectivity index (χ0n) is 22.8. The van der Waals surface area contributed by atoms with E-state index in [1.807, 2.05) is 19.1 Å². The summed E-state index contributed by atoms with van der Waals surface area (Å²) in [6.45, 7) is 3.63. The molecule has 1 aliphatic carbocycles. The molecule has 39 heavy (non-hydrogen) atoms. The third-order valence-corrected chi connectivity index (χ3v) is 7.59. The molecule has 0 saturated carbocycles. The lowest BCUT2D eigenvalue weighted by Crippen LogP contribution is -2.43. The Morgan fingerprint density at radius 2 is 1.62 bits per heavy atom. The number of hydrogen-bond donors (Lipinski definition) is 1. The summed E-state index contributed by atoms with van der Waals surface area (Å²) in [6.07, 6.45) is -0.710. The monoisotopic (exact) mass is 536 g/mol. The number of ether oxygens (including phenoxy) is 7. The van der Waals surface area contributed by atoms with Gasteiger partial charge in [0.05, 0.1) is 34.0 Å². The van der Waals surface area contributed by atoms with Crippen LogP contribution in [-0.4, -0.2) is 51.9 Å². The van der Waals surface area contributed by atoms with E-state index in [2.05, 4.69) is 0 Å². The number of rotatable bonds is 6. The van der Waals surface area contributed by atoms with Crippen molar-refractivity contribution < 1.29 is 43.1 Å². The molecule has 0 aromatic heterocycles. The van der Waals surface area contributed by atoms with Gasteiger partial charge in [0.2, 0.25) is 18.3 Å². The lowest BCUT2D eigenvalue weighted by molar-refractivity contribution is -0.107. The Bertz CT molecular complexity index is 1400. The molecule has 3 aromatic carbocycles. The van der Waals surface area contributed by atoms with E-state index < -0.39 is 17.7 Å². The van der Waals surface area contributed by atoms with Gasteiger partial charge in [-0.05, 0) is 49.1 Å². The largest absolute Gasteiger partial charge is 0.493 e. The maximum Gasteiger partial charge on any atom is 0.338 e. The Morgan fingerprint density at radius 3 is 2.26 bits per heavy atom. The van der Waals surface area contributed by atoms with Crippen LogP contribution in [0.1, 0.15) is 41.4 Å². The van der Waals surface area contributed by atoms with Crippen LogP contribution in [0, 0.1) is 5.92 Å². The van der Waals surface area contributed by atoms with Gasteiger partial charge >= 0.3 is 5.97 Å². The van der Waals surface area contributed by atoms with Gasteiger partial charge in [-0.3, -0.25) is 0 Å². The Balaban J connectivity index is 1.87. The lowest BCUT2D eigenvalue weighted by atomic mass is 9.73. The first-order chi connectivity index (χ1) is 18.8. The second-order valence-corrected chi connectivity index (χ2v) is 9.77. The maximum atomic E-state index is 13.4. The molecule has 206 valence electrons. The minimum Gasteiger partial charge on any atom is -0.493 e. The minimum absolute atomic E-state index is 0.0507. The van der Waals surface area contributed by atoms with Crippen molar-refractivity contribution in [2.45, 2.75) is 32.0 Å². The molecule has 0 saturated heterocycles. The quantitative estimate of drug-likeness (QED) is 0.438. The van der Waals surface area contributed by atoms with Gasteiger partial charge in [0.25, 0.3) is 0 Å². The number of fused-ring (bicyclic) bond motifs is 4. The molecule has 0 amide bonds. The molecule has 0 fully saturated rings. The van der Waals surface area contributed by atoms with Crippen molar-refractivity contribution in [2.24, 2.45) is 5.92 Å². The van der Waals surface area contributed by atoms with Crippen LogP contribution < -0.4 is 28.4 Å². The molecule has 1 heterocycles. The third-order valence-electron chi connectivity index (χ3n) is 7.59. The third kappa shape index (κ3) is 4.27. The van der Waals surface area contributed by atoms with Crippen LogP contribution in [0.15, 0.2) is 42.5 Å². The van der Waals surface area contributed by atoms with Gasteiger partial charge in [-0.25, -0.2) is 4.79 Å². The molecular weight excluding hydrogens is 504 g/mol. The van der Waals surface area contributed by atoms with E-state index >= 15 is 0 Å². The fraction of sp³-hybridized carbons (Fsp3) is 0.367. The van der Waals surface area contributed by atoms with E-state index in [0.717, 1.165) is 5.56 Å². The van der Waals surface area contributed by atoms with E-state index in [9.17, 15) is 9.90 Å². The van der Waals surface area contributed by atoms with Crippen molar-refractivity contribution in [1.82, 2.24) is 0 Å². The maximum absolute atomic E-state index is 13.4. The highest BCUT2D eigenvalue weighted by Crippen LogP contribution is 2.59. The number of esters is 1. The van der Waals surface area contributed by atoms with Crippen LogP contribution >= 0.6 is 0 Å². The first-order valence-corrected chi connectivity index (χ1v) is 12.6. The van der Waals surface area contributed by atoms with E-state index in [4.69, 9.17) is 33.2 Å². The fourth-order valence-electron chi connectivity index (χ4n) is 5.37. The number of carbonyl (C=O) groups excluding carboxylic acids is 1. The number of carbonyl (C=O) groups is 1. The van der Waals surface area contributed by atoms with Crippen molar-refractivity contribution >= 4 is 5.97 Å². The van der Waals surface area contributed by atoms with E-state index in [1.165, 1.54) is 21.3 Å². The molecular formula is C30H32O9. The van der Waals surface area contributed by atoms with Crippen LogP contribution in [0.2, 0.25) is 0 Å². The minimum atomic E-state index is -1.51. The fourth-order valence-corrected chi connectivity index (χ4v) is 5.37. The van der Waals surface area contributed by atoms with Gasteiger partial charge in [0.1, 0.15) is 5.60 Å². The standard InChI is InChI=1S/C30H32O9/c1-16-12-18-13-21-25(38-15-37-21)26(35-5)22(18)23-19(14-20(33-3)24(34-4)27(23)36-6)28(30(16,2)32)39-29(31)17-10-8-7-9-11-17/h7-11,13-14,16,28,32H,12,15H2,1-6H3/t16-,28+,30+/m1/s1. The van der Waals surface area contributed by atoms with Gasteiger partial charge in [0, 0.05) is 16.7 Å². The number of methoxy groups -OCH3 is 4. The SMILES string of the molecule is COc1cc2c(c(OC)c1OC)-c1c(cc3c(c1OC)OCO3)C[C@@H](C)[C@](C)(O)[C@H]2OC(=O)c1ccccc1. The van der Waals surface area contributed by atoms with E-state index in [1.54, 1.807) is 44.4 Å². The molecule has 0 unspecified atom stereocenters. The molecule has 1 N–H and O–H groups in total. The highest BCUT2D eigenvalue weighted by atomic mass is 16.7. The van der Waals surface area contributed by atoms with Crippen molar-refractivity contribution in [2.75, 3.05) is 35.2 Å². The second-order valence-electron chi connectivity index (χ2n) is 9.77. The predicted molar refractivity (Wildman–Crippen MR) is 142 cm³/mol. The Hall–Kier alpha value is -4.11. The summed E-state index contributed by atoms with van der Waals surface area (Å²) in [5.74, 6) is 1.51. The first kappa shape index (κ1) is 26.5. The molecule has 0 radical (unpaired) electrons. The van der Waals surface area contributed by atoms with Crippen LogP contribution in [0.4, 0.5) is 0 Å². The molecule has 3 aromatic rings. The topological polar surface area (TPSA) is 102 Å². The normalized spacial score (nSPS) is 21.1. The highest BCUT2D eigenvalue weighted by Gasteiger charge is 2.47. The molecule has 0 bridgehead atoms. The molecule has 9 nitrogen and oxygen atoms in total. The highest BCUT2D eigenvalue weighted by molar-refractivity contribution is 5.91. The van der Waals surface area contributed by atoms with Gasteiger partial charge in [-0.1, -0.05) is 25.1 Å². The summed E-state index contributed by atoms with van der Waals surface area (Å²) in [6, 6.07) is 12.3. The van der Waals surface area contributed by atoms with Gasteiger partial charge < -0.3 is 38.3 Å². The Labute approximate surface area is 227 Å². The summed E-state index contributed by atoms with van der Waals surface area (Å²) < 4.78 is 40.9. The molecule has 5 rings (SSSR count). The second kappa shape index (κ2) is 10.2. The lowest BCUT2D eigenvalue weighted by Gasteiger charge is -2.41. The molecule has 9 heteroatoms. The summed E-state index contributed by atoms with van der Waals surface area (Å²) in [7, 11) is 6.08. The number of aliphatic hydroxyl groups is 1. The molecule has 1 aliphatic heterocycles. The smallest absolute Gasteiger partial charge is 0.338 e. The van der Waals surface area contributed by atoms with E-state index in [0.29, 0.717) is 63.2 Å².